The van der Waals surface area contributed by atoms with Crippen molar-refractivity contribution >= 4 is 22.4 Å². The molecule has 1 aliphatic rings. The highest BCUT2D eigenvalue weighted by molar-refractivity contribution is 7.13. The van der Waals surface area contributed by atoms with Crippen LogP contribution >= 0.6 is 11.3 Å². The molecule has 1 saturated heterocycles. The minimum Gasteiger partial charge on any atom is -0.378 e. The van der Waals surface area contributed by atoms with Gasteiger partial charge in [0.1, 0.15) is 6.04 Å². The van der Waals surface area contributed by atoms with E-state index in [-0.39, 0.29) is 11.9 Å². The molecule has 2 rings (SSSR count). The molecule has 0 aromatic carbocycles. The number of nitrogens with one attached hydrogen (secondary N) is 1. The molecule has 1 N–H and O–H groups in total. The molecule has 1 aromatic rings. The van der Waals surface area contributed by atoms with Crippen molar-refractivity contribution in [1.29, 1.82) is 0 Å². The van der Waals surface area contributed by atoms with Crippen molar-refractivity contribution in [3.63, 3.8) is 0 Å². The first-order valence-electron chi connectivity index (χ1n) is 5.72. The van der Waals surface area contributed by atoms with Crippen LogP contribution in [-0.2, 0) is 9.53 Å². The highest BCUT2D eigenvalue weighted by Crippen LogP contribution is 2.16. The normalized spacial score (nSPS) is 17.9. The Morgan fingerprint density at radius 1 is 1.59 bits per heavy atom. The molecule has 1 aliphatic heterocycles. The molecule has 0 spiro atoms. The Kier molecular flexibility index (Phi) is 3.96. The van der Waals surface area contributed by atoms with Crippen molar-refractivity contribution in [3.8, 4) is 0 Å². The van der Waals surface area contributed by atoms with Gasteiger partial charge in [0, 0.05) is 18.5 Å². The van der Waals surface area contributed by atoms with E-state index in [9.17, 15) is 4.79 Å². The quantitative estimate of drug-likeness (QED) is 0.879. The summed E-state index contributed by atoms with van der Waals surface area (Å²) in [6.45, 7) is 6.44. The van der Waals surface area contributed by atoms with Crippen molar-refractivity contribution in [1.82, 2.24) is 9.88 Å². The van der Waals surface area contributed by atoms with Gasteiger partial charge in [-0.3, -0.25) is 4.79 Å². The van der Waals surface area contributed by atoms with Gasteiger partial charge in [0.25, 0.3) is 0 Å². The van der Waals surface area contributed by atoms with Gasteiger partial charge in [0.05, 0.1) is 18.9 Å². The maximum absolute atomic E-state index is 12.1. The first-order chi connectivity index (χ1) is 8.16. The topological polar surface area (TPSA) is 54.5 Å². The summed E-state index contributed by atoms with van der Waals surface area (Å²) in [6, 6.07) is -0.237. The molecule has 2 heterocycles. The Morgan fingerprint density at radius 3 is 2.88 bits per heavy atom. The number of aromatic nitrogens is 1. The lowest BCUT2D eigenvalue weighted by atomic mass is 10.2. The first-order valence-corrected chi connectivity index (χ1v) is 6.60. The molecule has 17 heavy (non-hydrogen) atoms. The summed E-state index contributed by atoms with van der Waals surface area (Å²) in [7, 11) is 0. The van der Waals surface area contributed by atoms with Gasteiger partial charge in [-0.05, 0) is 13.8 Å². The van der Waals surface area contributed by atoms with Crippen LogP contribution in [0.3, 0.4) is 0 Å². The first kappa shape index (κ1) is 12.3. The van der Waals surface area contributed by atoms with Gasteiger partial charge < -0.3 is 15.0 Å². The molecule has 1 fully saturated rings. The van der Waals surface area contributed by atoms with E-state index < -0.39 is 0 Å². The van der Waals surface area contributed by atoms with Crippen LogP contribution in [0.5, 0.6) is 0 Å². The van der Waals surface area contributed by atoms with Crippen LogP contribution in [0.4, 0.5) is 5.13 Å². The molecule has 6 heteroatoms. The Bertz CT molecular complexity index is 388. The second-order valence-electron chi connectivity index (χ2n) is 4.10. The van der Waals surface area contributed by atoms with E-state index in [4.69, 9.17) is 4.74 Å². The van der Waals surface area contributed by atoms with E-state index in [2.05, 4.69) is 10.3 Å². The van der Waals surface area contributed by atoms with Crippen molar-refractivity contribution in [2.45, 2.75) is 19.9 Å². The zero-order valence-electron chi connectivity index (χ0n) is 10.1. The van der Waals surface area contributed by atoms with E-state index in [1.807, 2.05) is 24.1 Å². The minimum absolute atomic E-state index is 0.112. The molecule has 1 amide bonds. The molecule has 0 bridgehead atoms. The summed E-state index contributed by atoms with van der Waals surface area (Å²) < 4.78 is 5.23. The smallest absolute Gasteiger partial charge is 0.244 e. The summed E-state index contributed by atoms with van der Waals surface area (Å²) in [5.41, 5.74) is 0.975. The van der Waals surface area contributed by atoms with E-state index in [1.54, 1.807) is 0 Å². The Morgan fingerprint density at radius 2 is 2.29 bits per heavy atom. The van der Waals surface area contributed by atoms with E-state index >= 15 is 0 Å². The molecular formula is C11H17N3O2S. The number of hydrogen-bond acceptors (Lipinski definition) is 5. The third kappa shape index (κ3) is 3.17. The summed E-state index contributed by atoms with van der Waals surface area (Å²) in [5.74, 6) is 0.112. The second kappa shape index (κ2) is 5.46. The second-order valence-corrected chi connectivity index (χ2v) is 4.96. The Labute approximate surface area is 105 Å². The van der Waals surface area contributed by atoms with Gasteiger partial charge in [-0.2, -0.15) is 0 Å². The molecule has 5 nitrogen and oxygen atoms in total. The van der Waals surface area contributed by atoms with Crippen LogP contribution in [0.2, 0.25) is 0 Å². The number of nitrogens with zero attached hydrogens (tertiary/aromatic N) is 2. The van der Waals surface area contributed by atoms with Gasteiger partial charge >= 0.3 is 0 Å². The van der Waals surface area contributed by atoms with Crippen LogP contribution in [-0.4, -0.2) is 48.1 Å². The highest BCUT2D eigenvalue weighted by Gasteiger charge is 2.22. The molecular weight excluding hydrogens is 238 g/mol. The van der Waals surface area contributed by atoms with E-state index in [1.165, 1.54) is 11.3 Å². The fraction of sp³-hybridized carbons (Fsp3) is 0.636. The number of carbonyl (C=O) groups excluding carboxylic acids is 1. The van der Waals surface area contributed by atoms with E-state index in [0.29, 0.717) is 26.3 Å². The average molecular weight is 255 g/mol. The third-order valence-electron chi connectivity index (χ3n) is 2.65. The monoisotopic (exact) mass is 255 g/mol. The van der Waals surface area contributed by atoms with Crippen molar-refractivity contribution < 1.29 is 9.53 Å². The number of rotatable bonds is 3. The minimum atomic E-state index is -0.237. The van der Waals surface area contributed by atoms with Crippen molar-refractivity contribution in [3.05, 3.63) is 11.1 Å². The van der Waals surface area contributed by atoms with Crippen LogP contribution in [0.15, 0.2) is 5.38 Å². The zero-order chi connectivity index (χ0) is 12.3. The third-order valence-corrected chi connectivity index (χ3v) is 3.54. The maximum Gasteiger partial charge on any atom is 0.244 e. The lowest BCUT2D eigenvalue weighted by Gasteiger charge is -2.29. The number of carbonyl (C=O) groups is 1. The fourth-order valence-electron chi connectivity index (χ4n) is 1.72. The Balaban J connectivity index is 1.90. The SMILES string of the molecule is Cc1csc(NC(C)C(=O)N2CCOCC2)n1. The van der Waals surface area contributed by atoms with Gasteiger partial charge in [-0.25, -0.2) is 4.98 Å². The van der Waals surface area contributed by atoms with Crippen LogP contribution in [0.1, 0.15) is 12.6 Å². The fourth-order valence-corrected chi connectivity index (χ4v) is 2.50. The predicted molar refractivity (Wildman–Crippen MR) is 67.3 cm³/mol. The number of aryl methyl sites for hydroxylation is 1. The van der Waals surface area contributed by atoms with Crippen LogP contribution in [0, 0.1) is 6.92 Å². The van der Waals surface area contributed by atoms with Crippen molar-refractivity contribution in [2.75, 3.05) is 31.6 Å². The van der Waals surface area contributed by atoms with Crippen molar-refractivity contribution in [2.24, 2.45) is 0 Å². The molecule has 0 aliphatic carbocycles. The number of hydrogen-bond donors (Lipinski definition) is 1. The van der Waals surface area contributed by atoms with Gasteiger partial charge in [0.15, 0.2) is 5.13 Å². The average Bonchev–Trinajstić information content (AvgIpc) is 2.75. The summed E-state index contributed by atoms with van der Waals surface area (Å²) in [4.78, 5) is 18.2. The molecule has 94 valence electrons. The molecule has 1 atom stereocenters. The summed E-state index contributed by atoms with van der Waals surface area (Å²) >= 11 is 1.52. The molecule has 1 aromatic heterocycles. The molecule has 0 saturated carbocycles. The largest absolute Gasteiger partial charge is 0.378 e. The maximum atomic E-state index is 12.1. The standard InChI is InChI=1S/C11H17N3O2S/c1-8-7-17-11(12-8)13-9(2)10(15)14-3-5-16-6-4-14/h7,9H,3-6H2,1-2H3,(H,12,13). The highest BCUT2D eigenvalue weighted by atomic mass is 32.1. The number of thiazole rings is 1. The lowest BCUT2D eigenvalue weighted by molar-refractivity contribution is -0.135. The van der Waals surface area contributed by atoms with Crippen LogP contribution < -0.4 is 5.32 Å². The van der Waals surface area contributed by atoms with Crippen LogP contribution in [0.25, 0.3) is 0 Å². The summed E-state index contributed by atoms with van der Waals surface area (Å²) in [5, 5.41) is 5.90. The zero-order valence-corrected chi connectivity index (χ0v) is 10.9. The van der Waals surface area contributed by atoms with E-state index in [0.717, 1.165) is 10.8 Å². The summed E-state index contributed by atoms with van der Waals surface area (Å²) in [6.07, 6.45) is 0. The lowest BCUT2D eigenvalue weighted by Crippen LogP contribution is -2.46. The molecule has 1 unspecified atom stereocenters. The van der Waals surface area contributed by atoms with Gasteiger partial charge in [-0.15, -0.1) is 11.3 Å². The Hall–Kier alpha value is -1.14. The number of morpholine rings is 1. The number of amides is 1. The van der Waals surface area contributed by atoms with Gasteiger partial charge in [0.2, 0.25) is 5.91 Å². The van der Waals surface area contributed by atoms with Gasteiger partial charge in [-0.1, -0.05) is 0 Å². The number of ether oxygens (including phenoxy) is 1. The number of anilines is 1. The molecule has 0 radical (unpaired) electrons. The predicted octanol–water partition coefficient (Wildman–Crippen LogP) is 1.11.